The molecule has 1 aromatic heterocycles. The largest absolute Gasteiger partial charge is 0.425 e. The average Bonchev–Trinajstić information content (AvgIpc) is 2.51. The van der Waals surface area contributed by atoms with Crippen LogP contribution in [0.2, 0.25) is 0 Å². The molecular weight excluding hydrogens is 206 g/mol. The molecule has 0 spiro atoms. The van der Waals surface area contributed by atoms with E-state index < -0.39 is 0 Å². The molecule has 0 amide bonds. The zero-order valence-corrected chi connectivity index (χ0v) is 8.24. The van der Waals surface area contributed by atoms with Gasteiger partial charge in [-0.25, -0.2) is 0 Å². The highest BCUT2D eigenvalue weighted by atomic mass is 32.1. The molecule has 0 unspecified atom stereocenters. The normalized spacial score (nSPS) is 11.4. The van der Waals surface area contributed by atoms with E-state index in [1.807, 2.05) is 0 Å². The molecule has 2 N–H and O–H groups in total. The number of thiazole rings is 1. The number of carbonyl (C=O) groups is 1. The van der Waals surface area contributed by atoms with Crippen LogP contribution in [-0.2, 0) is 9.63 Å². The number of nitrogens with zero attached hydrogens (tertiary/aromatic N) is 2. The molecule has 1 heterocycles. The number of carbonyl (C=O) groups excluding carboxylic acids is 1. The first kappa shape index (κ1) is 10.5. The van der Waals surface area contributed by atoms with Crippen LogP contribution in [0, 0.1) is 5.41 Å². The lowest BCUT2D eigenvalue weighted by Crippen LogP contribution is -2.17. The fraction of sp³-hybridized carbons (Fsp3) is 0.286. The summed E-state index contributed by atoms with van der Waals surface area (Å²) in [5.74, 6) is 0. The number of aldehydes is 1. The van der Waals surface area contributed by atoms with Crippen molar-refractivity contribution in [2.75, 3.05) is 6.61 Å². The summed E-state index contributed by atoms with van der Waals surface area (Å²) in [6.45, 7) is 2.06. The third-order valence-corrected chi connectivity index (χ3v) is 2.11. The Kier molecular flexibility index (Phi) is 3.41. The zero-order chi connectivity index (χ0) is 10.6. The minimum absolute atomic E-state index is 0.0379. The van der Waals surface area contributed by atoms with Gasteiger partial charge in [-0.15, -0.1) is 11.3 Å². The molecule has 0 aliphatic carbocycles. The molecule has 14 heavy (non-hydrogen) atoms. The molecule has 0 aromatic carbocycles. The van der Waals surface area contributed by atoms with E-state index >= 15 is 0 Å². The van der Waals surface area contributed by atoms with Gasteiger partial charge in [0, 0.05) is 5.38 Å². The van der Waals surface area contributed by atoms with E-state index in [4.69, 9.17) is 5.41 Å². The molecule has 0 atom stereocenters. The van der Waals surface area contributed by atoms with Crippen LogP contribution in [-0.4, -0.2) is 28.5 Å². The lowest BCUT2D eigenvalue weighted by Gasteiger charge is -1.98. The summed E-state index contributed by atoms with van der Waals surface area (Å²) in [7, 11) is 0. The first-order valence-corrected chi connectivity index (χ1v) is 4.68. The van der Waals surface area contributed by atoms with Crippen molar-refractivity contribution in [3.8, 4) is 0 Å². The van der Waals surface area contributed by atoms with E-state index in [1.54, 1.807) is 6.92 Å². The summed E-state index contributed by atoms with van der Waals surface area (Å²) in [4.78, 5) is 15.2. The molecule has 7 heteroatoms. The van der Waals surface area contributed by atoms with Crippen LogP contribution in [0.15, 0.2) is 10.5 Å². The molecule has 0 fully saturated rings. The number of nitrogens with one attached hydrogen (secondary N) is 1. The summed E-state index contributed by atoms with van der Waals surface area (Å²) < 4.78 is 0.580. The van der Waals surface area contributed by atoms with Crippen molar-refractivity contribution >= 4 is 23.3 Å². The molecule has 0 aliphatic heterocycles. The Balaban J connectivity index is 3.07. The first-order chi connectivity index (χ1) is 6.70. The Morgan fingerprint density at radius 3 is 3.07 bits per heavy atom. The average molecular weight is 215 g/mol. The molecule has 1 rings (SSSR count). The number of hydrogen-bond acceptors (Lipinski definition) is 6. The van der Waals surface area contributed by atoms with Gasteiger partial charge in [-0.3, -0.25) is 10.2 Å². The van der Waals surface area contributed by atoms with E-state index in [1.165, 1.54) is 5.38 Å². The standard InChI is InChI=1S/C7H9N3O3S/c1-2-13-9-5(3-11)6-4-14-7(8)10(6)12/h3-4,8,12H,2H2,1H3/b8-7?,9-5+. The third-order valence-electron chi connectivity index (χ3n) is 1.37. The van der Waals surface area contributed by atoms with E-state index in [-0.39, 0.29) is 16.2 Å². The van der Waals surface area contributed by atoms with Crippen molar-refractivity contribution in [1.82, 2.24) is 4.73 Å². The zero-order valence-electron chi connectivity index (χ0n) is 7.43. The molecule has 1 aromatic rings. The maximum atomic E-state index is 10.6. The van der Waals surface area contributed by atoms with Crippen LogP contribution >= 0.6 is 11.3 Å². The van der Waals surface area contributed by atoms with Gasteiger partial charge in [0.15, 0.2) is 12.0 Å². The van der Waals surface area contributed by atoms with Crippen molar-refractivity contribution in [3.63, 3.8) is 0 Å². The van der Waals surface area contributed by atoms with Crippen molar-refractivity contribution in [2.45, 2.75) is 6.92 Å². The molecule has 0 aliphatic rings. The highest BCUT2D eigenvalue weighted by Crippen LogP contribution is 2.00. The van der Waals surface area contributed by atoms with Crippen molar-refractivity contribution in [1.29, 1.82) is 5.41 Å². The quantitative estimate of drug-likeness (QED) is 0.325. The summed E-state index contributed by atoms with van der Waals surface area (Å²) in [5, 5.41) is 21.4. The topological polar surface area (TPSA) is 87.7 Å². The van der Waals surface area contributed by atoms with Gasteiger partial charge in [0.25, 0.3) is 0 Å². The van der Waals surface area contributed by atoms with Gasteiger partial charge in [0.05, 0.1) is 0 Å². The lowest BCUT2D eigenvalue weighted by molar-refractivity contribution is -0.102. The monoisotopic (exact) mass is 215 g/mol. The van der Waals surface area contributed by atoms with Crippen LogP contribution < -0.4 is 4.80 Å². The number of rotatable bonds is 4. The minimum Gasteiger partial charge on any atom is -0.425 e. The smallest absolute Gasteiger partial charge is 0.216 e. The Morgan fingerprint density at radius 2 is 2.64 bits per heavy atom. The van der Waals surface area contributed by atoms with E-state index in [0.717, 1.165) is 11.3 Å². The second-order valence-corrected chi connectivity index (χ2v) is 3.11. The van der Waals surface area contributed by atoms with Gasteiger partial charge < -0.3 is 10.0 Å². The Labute approximate surface area is 83.5 Å². The molecule has 6 nitrogen and oxygen atoms in total. The molecule has 0 saturated carbocycles. The van der Waals surface area contributed by atoms with Crippen molar-refractivity contribution in [2.24, 2.45) is 5.16 Å². The van der Waals surface area contributed by atoms with Crippen molar-refractivity contribution in [3.05, 3.63) is 15.9 Å². The number of oxime groups is 1. The Hall–Kier alpha value is -1.63. The minimum atomic E-state index is -0.0777. The van der Waals surface area contributed by atoms with Crippen LogP contribution in [0.3, 0.4) is 0 Å². The van der Waals surface area contributed by atoms with Crippen molar-refractivity contribution < 1.29 is 14.8 Å². The van der Waals surface area contributed by atoms with E-state index in [0.29, 0.717) is 17.6 Å². The molecule has 76 valence electrons. The molecule has 0 saturated heterocycles. The van der Waals surface area contributed by atoms with Gasteiger partial charge >= 0.3 is 0 Å². The SMILES string of the molecule is CCO/N=C(\C=O)c1csc(=N)n1O. The second kappa shape index (κ2) is 4.56. The number of hydrogen-bond donors (Lipinski definition) is 2. The van der Waals surface area contributed by atoms with Gasteiger partial charge in [-0.1, -0.05) is 5.16 Å². The fourth-order valence-electron chi connectivity index (χ4n) is 0.752. The first-order valence-electron chi connectivity index (χ1n) is 3.80. The Bertz CT molecular complexity index is 407. The van der Waals surface area contributed by atoms with Gasteiger partial charge in [-0.05, 0) is 6.92 Å². The van der Waals surface area contributed by atoms with Gasteiger partial charge in [0.2, 0.25) is 4.80 Å². The summed E-state index contributed by atoms with van der Waals surface area (Å²) in [6, 6.07) is 0. The second-order valence-electron chi connectivity index (χ2n) is 2.25. The Morgan fingerprint density at radius 1 is 1.93 bits per heavy atom. The van der Waals surface area contributed by atoms with Crippen LogP contribution in [0.5, 0.6) is 0 Å². The van der Waals surface area contributed by atoms with Gasteiger partial charge in [-0.2, -0.15) is 4.73 Å². The predicted octanol–water partition coefficient (Wildman–Crippen LogP) is 0.206. The van der Waals surface area contributed by atoms with Gasteiger partial charge in [0.1, 0.15) is 12.3 Å². The van der Waals surface area contributed by atoms with Crippen LogP contribution in [0.25, 0.3) is 0 Å². The summed E-state index contributed by atoms with van der Waals surface area (Å²) in [5.41, 5.74) is 0.118. The van der Waals surface area contributed by atoms with E-state index in [2.05, 4.69) is 9.99 Å². The van der Waals surface area contributed by atoms with Crippen LogP contribution in [0.4, 0.5) is 0 Å². The third kappa shape index (κ3) is 1.99. The summed E-state index contributed by atoms with van der Waals surface area (Å²) >= 11 is 0.993. The van der Waals surface area contributed by atoms with E-state index in [9.17, 15) is 10.0 Å². The lowest BCUT2D eigenvalue weighted by atomic mass is 10.3. The highest BCUT2D eigenvalue weighted by molar-refractivity contribution is 7.07. The predicted molar refractivity (Wildman–Crippen MR) is 49.6 cm³/mol. The molecule has 0 bridgehead atoms. The highest BCUT2D eigenvalue weighted by Gasteiger charge is 2.10. The fourth-order valence-corrected chi connectivity index (χ4v) is 1.39. The molecular formula is C7H9N3O3S. The maximum Gasteiger partial charge on any atom is 0.216 e. The number of aromatic nitrogens is 1. The molecule has 0 radical (unpaired) electrons. The maximum absolute atomic E-state index is 10.6. The van der Waals surface area contributed by atoms with Crippen LogP contribution in [0.1, 0.15) is 12.6 Å². The summed E-state index contributed by atoms with van der Waals surface area (Å²) in [6.07, 6.45) is 0.462.